The Bertz CT molecular complexity index is 529. The lowest BCUT2D eigenvalue weighted by Gasteiger charge is -2.11. The highest BCUT2D eigenvalue weighted by Crippen LogP contribution is 2.23. The van der Waals surface area contributed by atoms with Crippen molar-refractivity contribution in [3.63, 3.8) is 0 Å². The monoisotopic (exact) mass is 295 g/mol. The Labute approximate surface area is 121 Å². The van der Waals surface area contributed by atoms with Crippen LogP contribution in [0.5, 0.6) is 0 Å². The molecule has 2 heterocycles. The van der Waals surface area contributed by atoms with Gasteiger partial charge in [-0.15, -0.1) is 0 Å². The van der Waals surface area contributed by atoms with E-state index in [4.69, 9.17) is 4.74 Å². The summed E-state index contributed by atoms with van der Waals surface area (Å²) < 4.78 is 10.0. The molecule has 1 aromatic heterocycles. The molecule has 1 saturated heterocycles. The first-order valence-corrected chi connectivity index (χ1v) is 6.71. The number of pyridine rings is 1. The number of nitrogens with zero attached hydrogens (tertiary/aromatic N) is 2. The van der Waals surface area contributed by atoms with Gasteiger partial charge in [-0.25, -0.2) is 9.78 Å². The first-order valence-electron chi connectivity index (χ1n) is 6.71. The first kappa shape index (κ1) is 15.2. The second-order valence-corrected chi connectivity index (χ2v) is 4.66. The van der Waals surface area contributed by atoms with Crippen LogP contribution in [0.4, 0.5) is 11.5 Å². The summed E-state index contributed by atoms with van der Waals surface area (Å²) in [6.45, 7) is 1.25. The molecule has 1 fully saturated rings. The molecular weight excluding hydrogens is 278 g/mol. The lowest BCUT2D eigenvalue weighted by molar-refractivity contribution is -0.384. The van der Waals surface area contributed by atoms with E-state index in [0.717, 1.165) is 25.9 Å². The van der Waals surface area contributed by atoms with Crippen LogP contribution in [-0.4, -0.2) is 42.2 Å². The molecular formula is C13H17N3O5. The van der Waals surface area contributed by atoms with Crippen LogP contribution >= 0.6 is 0 Å². The van der Waals surface area contributed by atoms with Crippen LogP contribution in [-0.2, 0) is 9.47 Å². The summed E-state index contributed by atoms with van der Waals surface area (Å²) >= 11 is 0. The van der Waals surface area contributed by atoms with Crippen LogP contribution in [0, 0.1) is 10.1 Å². The number of anilines is 1. The Hall–Kier alpha value is -2.22. The largest absolute Gasteiger partial charge is 0.464 e. The van der Waals surface area contributed by atoms with Crippen molar-refractivity contribution in [1.29, 1.82) is 0 Å². The number of methoxy groups -OCH3 is 1. The molecule has 1 aromatic rings. The van der Waals surface area contributed by atoms with Crippen LogP contribution in [0.3, 0.4) is 0 Å². The highest BCUT2D eigenvalue weighted by molar-refractivity contribution is 5.88. The van der Waals surface area contributed by atoms with Crippen LogP contribution in [0.15, 0.2) is 12.1 Å². The number of aromatic nitrogens is 1. The van der Waals surface area contributed by atoms with E-state index in [1.807, 2.05) is 0 Å². The van der Waals surface area contributed by atoms with Gasteiger partial charge < -0.3 is 14.8 Å². The quantitative estimate of drug-likeness (QED) is 0.484. The van der Waals surface area contributed by atoms with Crippen molar-refractivity contribution in [3.8, 4) is 0 Å². The summed E-state index contributed by atoms with van der Waals surface area (Å²) in [6, 6.07) is 2.52. The van der Waals surface area contributed by atoms with Gasteiger partial charge in [-0.05, 0) is 25.3 Å². The molecule has 1 aliphatic rings. The zero-order valence-electron chi connectivity index (χ0n) is 11.7. The topological polar surface area (TPSA) is 104 Å². The van der Waals surface area contributed by atoms with Gasteiger partial charge in [-0.3, -0.25) is 10.1 Å². The SMILES string of the molecule is COC(=O)c1ccc([N+](=O)[O-])c(NCCC2CCCO2)n1. The number of nitro groups is 1. The number of rotatable bonds is 6. The van der Waals surface area contributed by atoms with Crippen molar-refractivity contribution in [2.75, 3.05) is 25.6 Å². The van der Waals surface area contributed by atoms with Gasteiger partial charge >= 0.3 is 11.7 Å². The van der Waals surface area contributed by atoms with E-state index in [1.54, 1.807) is 0 Å². The maximum atomic E-state index is 11.4. The zero-order valence-corrected chi connectivity index (χ0v) is 11.7. The zero-order chi connectivity index (χ0) is 15.2. The number of carbonyl (C=O) groups is 1. The fraction of sp³-hybridized carbons (Fsp3) is 0.538. The molecule has 1 unspecified atom stereocenters. The van der Waals surface area contributed by atoms with E-state index in [9.17, 15) is 14.9 Å². The Kier molecular flexibility index (Phi) is 5.04. The summed E-state index contributed by atoms with van der Waals surface area (Å²) in [6.07, 6.45) is 2.96. The predicted molar refractivity (Wildman–Crippen MR) is 74.3 cm³/mol. The number of esters is 1. The Morgan fingerprint density at radius 1 is 1.62 bits per heavy atom. The van der Waals surface area contributed by atoms with Gasteiger partial charge in [0, 0.05) is 19.2 Å². The van der Waals surface area contributed by atoms with Crippen molar-refractivity contribution < 1.29 is 19.2 Å². The standard InChI is InChI=1S/C13H17N3O5/c1-20-13(17)10-4-5-11(16(18)19)12(15-10)14-7-6-9-3-2-8-21-9/h4-5,9H,2-3,6-8H2,1H3,(H,14,15). The molecule has 0 aromatic carbocycles. The van der Waals surface area contributed by atoms with Crippen LogP contribution in [0.25, 0.3) is 0 Å². The molecule has 0 spiro atoms. The molecule has 0 amide bonds. The summed E-state index contributed by atoms with van der Waals surface area (Å²) in [4.78, 5) is 25.8. The number of ether oxygens (including phenoxy) is 2. The van der Waals surface area contributed by atoms with Crippen molar-refractivity contribution in [1.82, 2.24) is 4.98 Å². The average Bonchev–Trinajstić information content (AvgIpc) is 2.99. The van der Waals surface area contributed by atoms with E-state index in [2.05, 4.69) is 15.0 Å². The van der Waals surface area contributed by atoms with Gasteiger partial charge in [-0.2, -0.15) is 0 Å². The molecule has 0 saturated carbocycles. The fourth-order valence-corrected chi connectivity index (χ4v) is 2.17. The van der Waals surface area contributed by atoms with E-state index in [1.165, 1.54) is 19.2 Å². The Morgan fingerprint density at radius 2 is 2.43 bits per heavy atom. The van der Waals surface area contributed by atoms with Crippen molar-refractivity contribution in [3.05, 3.63) is 27.9 Å². The van der Waals surface area contributed by atoms with Gasteiger partial charge in [-0.1, -0.05) is 0 Å². The first-order chi connectivity index (χ1) is 10.1. The molecule has 0 aliphatic carbocycles. The van der Waals surface area contributed by atoms with Gasteiger partial charge in [0.05, 0.1) is 18.1 Å². The molecule has 8 nitrogen and oxygen atoms in total. The third kappa shape index (κ3) is 3.88. The summed E-state index contributed by atoms with van der Waals surface area (Å²) in [5.41, 5.74) is -0.141. The van der Waals surface area contributed by atoms with Crippen molar-refractivity contribution in [2.45, 2.75) is 25.4 Å². The molecule has 1 atom stereocenters. The summed E-state index contributed by atoms with van der Waals surface area (Å²) in [7, 11) is 1.23. The second-order valence-electron chi connectivity index (χ2n) is 4.66. The number of nitrogens with one attached hydrogen (secondary N) is 1. The minimum atomic E-state index is -0.632. The normalized spacial score (nSPS) is 17.5. The molecule has 8 heteroatoms. The van der Waals surface area contributed by atoms with Gasteiger partial charge in [0.1, 0.15) is 0 Å². The lowest BCUT2D eigenvalue weighted by Crippen LogP contribution is -2.15. The number of hydrogen-bond donors (Lipinski definition) is 1. The smallest absolute Gasteiger partial charge is 0.356 e. The molecule has 1 aliphatic heterocycles. The maximum Gasteiger partial charge on any atom is 0.356 e. The molecule has 1 N–H and O–H groups in total. The average molecular weight is 295 g/mol. The van der Waals surface area contributed by atoms with Crippen molar-refractivity contribution >= 4 is 17.5 Å². The summed E-state index contributed by atoms with van der Waals surface area (Å²) in [5, 5.41) is 13.9. The van der Waals surface area contributed by atoms with Crippen LogP contribution < -0.4 is 5.32 Å². The highest BCUT2D eigenvalue weighted by Gasteiger charge is 2.20. The van der Waals surface area contributed by atoms with Crippen molar-refractivity contribution in [2.24, 2.45) is 0 Å². The predicted octanol–water partition coefficient (Wildman–Crippen LogP) is 1.76. The van der Waals surface area contributed by atoms with E-state index in [-0.39, 0.29) is 23.3 Å². The molecule has 0 bridgehead atoms. The number of carbonyl (C=O) groups excluding carboxylic acids is 1. The third-order valence-corrected chi connectivity index (χ3v) is 3.25. The minimum absolute atomic E-state index is 0.0303. The molecule has 21 heavy (non-hydrogen) atoms. The van der Waals surface area contributed by atoms with Gasteiger partial charge in [0.2, 0.25) is 5.82 Å². The summed E-state index contributed by atoms with van der Waals surface area (Å²) in [5.74, 6) is -0.562. The van der Waals surface area contributed by atoms with Crippen LogP contribution in [0.1, 0.15) is 29.8 Å². The second kappa shape index (κ2) is 6.98. The molecule has 114 valence electrons. The van der Waals surface area contributed by atoms with E-state index >= 15 is 0 Å². The maximum absolute atomic E-state index is 11.4. The fourth-order valence-electron chi connectivity index (χ4n) is 2.17. The molecule has 0 radical (unpaired) electrons. The van der Waals surface area contributed by atoms with Crippen LogP contribution in [0.2, 0.25) is 0 Å². The Morgan fingerprint density at radius 3 is 3.05 bits per heavy atom. The van der Waals surface area contributed by atoms with E-state index in [0.29, 0.717) is 6.54 Å². The lowest BCUT2D eigenvalue weighted by atomic mass is 10.2. The van der Waals surface area contributed by atoms with E-state index < -0.39 is 10.9 Å². The Balaban J connectivity index is 2.06. The van der Waals surface area contributed by atoms with Gasteiger partial charge in [0.15, 0.2) is 5.69 Å². The van der Waals surface area contributed by atoms with Gasteiger partial charge in [0.25, 0.3) is 0 Å². The molecule has 2 rings (SSSR count). The third-order valence-electron chi connectivity index (χ3n) is 3.25. The minimum Gasteiger partial charge on any atom is -0.464 e. The highest BCUT2D eigenvalue weighted by atomic mass is 16.6. The number of hydrogen-bond acceptors (Lipinski definition) is 7.